The number of rotatable bonds is 4. The number of ether oxygens (including phenoxy) is 1. The average molecular weight is 351 g/mol. The van der Waals surface area contributed by atoms with Gasteiger partial charge in [0.2, 0.25) is 0 Å². The Morgan fingerprint density at radius 3 is 2.77 bits per heavy atom. The Kier molecular flexibility index (Phi) is 3.76. The van der Waals surface area contributed by atoms with Gasteiger partial charge in [-0.1, -0.05) is 12.1 Å². The Hall–Kier alpha value is -3.15. The number of hydrogen-bond acceptors (Lipinski definition) is 3. The summed E-state index contributed by atoms with van der Waals surface area (Å²) in [4.78, 5) is 16.2. The molecule has 132 valence electrons. The molecular formula is C20H18FN3O2. The van der Waals surface area contributed by atoms with E-state index in [0.717, 1.165) is 33.5 Å². The number of nitrogens with zero attached hydrogens (tertiary/aromatic N) is 2. The fourth-order valence-electron chi connectivity index (χ4n) is 3.30. The highest BCUT2D eigenvalue weighted by atomic mass is 19.1. The van der Waals surface area contributed by atoms with Crippen molar-refractivity contribution in [3.05, 3.63) is 53.7 Å². The Balaban J connectivity index is 1.79. The summed E-state index contributed by atoms with van der Waals surface area (Å²) in [6.07, 6.45) is 1.78. The molecule has 1 amide bonds. The third-order valence-electron chi connectivity index (χ3n) is 4.72. The number of carbonyl (C=O) groups is 1. The number of benzene rings is 1. The Morgan fingerprint density at radius 2 is 2.08 bits per heavy atom. The minimum Gasteiger partial charge on any atom is -0.496 e. The topological polar surface area (TPSA) is 56.1 Å². The molecule has 26 heavy (non-hydrogen) atoms. The molecule has 0 spiro atoms. The first kappa shape index (κ1) is 16.3. The molecule has 6 heteroatoms. The van der Waals surface area contributed by atoms with E-state index in [1.165, 1.54) is 6.08 Å². The van der Waals surface area contributed by atoms with Crippen LogP contribution in [0.3, 0.4) is 0 Å². The Bertz CT molecular complexity index is 1070. The fraction of sp³-hybridized carbons (Fsp3) is 0.200. The van der Waals surface area contributed by atoms with E-state index in [2.05, 4.69) is 10.3 Å². The quantitative estimate of drug-likeness (QED) is 0.778. The highest BCUT2D eigenvalue weighted by molar-refractivity contribution is 6.08. The molecule has 0 saturated carbocycles. The number of aromatic nitrogens is 2. The van der Waals surface area contributed by atoms with Crippen LogP contribution >= 0.6 is 0 Å². The molecule has 5 nitrogen and oxygen atoms in total. The molecule has 0 fully saturated rings. The van der Waals surface area contributed by atoms with Crippen LogP contribution in [0, 0.1) is 6.92 Å². The van der Waals surface area contributed by atoms with Gasteiger partial charge >= 0.3 is 0 Å². The molecular weight excluding hydrogens is 333 g/mol. The summed E-state index contributed by atoms with van der Waals surface area (Å²) in [5.41, 5.74) is 4.17. The van der Waals surface area contributed by atoms with Gasteiger partial charge in [-0.25, -0.2) is 9.37 Å². The van der Waals surface area contributed by atoms with E-state index in [1.807, 2.05) is 42.8 Å². The van der Waals surface area contributed by atoms with E-state index in [0.29, 0.717) is 5.82 Å². The van der Waals surface area contributed by atoms with Crippen LogP contribution in [0.4, 0.5) is 10.2 Å². The maximum Gasteiger partial charge on any atom is 0.255 e. The van der Waals surface area contributed by atoms with Crippen molar-refractivity contribution in [3.63, 3.8) is 0 Å². The number of pyridine rings is 1. The molecule has 0 unspecified atom stereocenters. The standard InChI is InChI=1S/C20H18FN3O2/c1-11-14-10-22-18(23-20(25)13-8-15(13)21)9-16(14)24(2)19(11)12-6-4-5-7-17(12)26-3/h4-10,15H,1-3H3,(H,22,23,25)/t15-/m1/s1. The van der Waals surface area contributed by atoms with E-state index in [1.54, 1.807) is 19.4 Å². The lowest BCUT2D eigenvalue weighted by molar-refractivity contribution is -0.112. The number of carbonyl (C=O) groups excluding carboxylic acids is 1. The molecule has 1 N–H and O–H groups in total. The Morgan fingerprint density at radius 1 is 1.35 bits per heavy atom. The number of anilines is 1. The zero-order valence-electron chi connectivity index (χ0n) is 14.7. The van der Waals surface area contributed by atoms with Gasteiger partial charge in [-0.05, 0) is 30.7 Å². The summed E-state index contributed by atoms with van der Waals surface area (Å²) in [5, 5.41) is 3.63. The molecule has 1 aliphatic rings. The van der Waals surface area contributed by atoms with Crippen molar-refractivity contribution < 1.29 is 13.9 Å². The number of aryl methyl sites for hydroxylation is 2. The molecule has 0 bridgehead atoms. The second kappa shape index (κ2) is 5.98. The van der Waals surface area contributed by atoms with Gasteiger partial charge < -0.3 is 14.6 Å². The van der Waals surface area contributed by atoms with E-state index < -0.39 is 12.1 Å². The molecule has 1 atom stereocenters. The summed E-state index contributed by atoms with van der Waals surface area (Å²) in [5.74, 6) is 0.743. The molecule has 0 saturated heterocycles. The van der Waals surface area contributed by atoms with Crippen molar-refractivity contribution in [2.75, 3.05) is 12.4 Å². The number of hydrogen-bond donors (Lipinski definition) is 1. The number of methoxy groups -OCH3 is 1. The maximum absolute atomic E-state index is 13.0. The molecule has 1 aromatic carbocycles. The zero-order chi connectivity index (χ0) is 18.4. The van der Waals surface area contributed by atoms with Gasteiger partial charge in [-0.2, -0.15) is 0 Å². The van der Waals surface area contributed by atoms with Crippen molar-refractivity contribution in [2.45, 2.75) is 13.1 Å². The molecule has 3 aromatic rings. The summed E-state index contributed by atoms with van der Waals surface area (Å²) >= 11 is 0. The second-order valence-electron chi connectivity index (χ2n) is 6.30. The number of amides is 1. The summed E-state index contributed by atoms with van der Waals surface area (Å²) < 4.78 is 20.5. The number of para-hydroxylation sites is 1. The van der Waals surface area contributed by atoms with Crippen molar-refractivity contribution >= 4 is 22.6 Å². The van der Waals surface area contributed by atoms with Crippen LogP contribution in [-0.4, -0.2) is 28.7 Å². The van der Waals surface area contributed by atoms with Gasteiger partial charge in [0.05, 0.1) is 23.9 Å². The minimum atomic E-state index is -1.23. The lowest BCUT2D eigenvalue weighted by Crippen LogP contribution is -2.12. The summed E-state index contributed by atoms with van der Waals surface area (Å²) in [6, 6.07) is 9.63. The van der Waals surface area contributed by atoms with Crippen molar-refractivity contribution in [3.8, 4) is 17.0 Å². The van der Waals surface area contributed by atoms with E-state index in [-0.39, 0.29) is 5.57 Å². The summed E-state index contributed by atoms with van der Waals surface area (Å²) in [6.45, 7) is 2.03. The molecule has 0 radical (unpaired) electrons. The van der Waals surface area contributed by atoms with Crippen LogP contribution in [0.1, 0.15) is 5.56 Å². The first-order valence-electron chi connectivity index (χ1n) is 8.27. The monoisotopic (exact) mass is 351 g/mol. The smallest absolute Gasteiger partial charge is 0.255 e. The number of halogens is 1. The number of alkyl halides is 1. The van der Waals surface area contributed by atoms with Crippen LogP contribution in [-0.2, 0) is 11.8 Å². The second-order valence-corrected chi connectivity index (χ2v) is 6.30. The molecule has 4 rings (SSSR count). The predicted octanol–water partition coefficient (Wildman–Crippen LogP) is 3.77. The molecule has 1 aliphatic carbocycles. The number of nitrogens with one attached hydrogen (secondary N) is 1. The van der Waals surface area contributed by atoms with Gasteiger partial charge in [-0.15, -0.1) is 0 Å². The first-order valence-corrected chi connectivity index (χ1v) is 8.27. The van der Waals surface area contributed by atoms with Gasteiger partial charge in [0.1, 0.15) is 17.7 Å². The van der Waals surface area contributed by atoms with Crippen LogP contribution in [0.2, 0.25) is 0 Å². The van der Waals surface area contributed by atoms with Gasteiger partial charge in [0.25, 0.3) is 5.91 Å². The number of allylic oxidation sites excluding steroid dienone is 1. The first-order chi connectivity index (χ1) is 12.5. The lowest BCUT2D eigenvalue weighted by atomic mass is 10.1. The van der Waals surface area contributed by atoms with Crippen LogP contribution in [0.5, 0.6) is 5.75 Å². The van der Waals surface area contributed by atoms with Crippen LogP contribution in [0.25, 0.3) is 22.2 Å². The van der Waals surface area contributed by atoms with Gasteiger partial charge in [0.15, 0.2) is 0 Å². The van der Waals surface area contributed by atoms with Crippen molar-refractivity contribution in [1.82, 2.24) is 9.55 Å². The van der Waals surface area contributed by atoms with E-state index >= 15 is 0 Å². The predicted molar refractivity (Wildman–Crippen MR) is 99.0 cm³/mol. The average Bonchev–Trinajstić information content (AvgIpc) is 3.33. The minimum absolute atomic E-state index is 0.157. The lowest BCUT2D eigenvalue weighted by Gasteiger charge is -2.11. The fourth-order valence-corrected chi connectivity index (χ4v) is 3.30. The van der Waals surface area contributed by atoms with E-state index in [4.69, 9.17) is 4.74 Å². The zero-order valence-corrected chi connectivity index (χ0v) is 14.7. The van der Waals surface area contributed by atoms with Crippen LogP contribution < -0.4 is 10.1 Å². The maximum atomic E-state index is 13.0. The van der Waals surface area contributed by atoms with Gasteiger partial charge in [-0.3, -0.25) is 4.79 Å². The van der Waals surface area contributed by atoms with E-state index in [9.17, 15) is 9.18 Å². The third kappa shape index (κ3) is 2.54. The Labute approximate surface area is 150 Å². The van der Waals surface area contributed by atoms with Gasteiger partial charge in [0, 0.05) is 30.3 Å². The normalized spacial score (nSPS) is 15.7. The third-order valence-corrected chi connectivity index (χ3v) is 4.72. The summed E-state index contributed by atoms with van der Waals surface area (Å²) in [7, 11) is 3.61. The molecule has 2 aromatic heterocycles. The SMILES string of the molecule is COc1ccccc1-c1c(C)c2cnc(NC(=O)C3=C[C@H]3F)cc2n1C. The number of fused-ring (bicyclic) bond motifs is 1. The van der Waals surface area contributed by atoms with Crippen molar-refractivity contribution in [2.24, 2.45) is 7.05 Å². The molecule has 0 aliphatic heterocycles. The van der Waals surface area contributed by atoms with Crippen LogP contribution in [0.15, 0.2) is 48.2 Å². The highest BCUT2D eigenvalue weighted by Gasteiger charge is 2.31. The largest absolute Gasteiger partial charge is 0.496 e. The highest BCUT2D eigenvalue weighted by Crippen LogP contribution is 2.37. The molecule has 2 heterocycles. The van der Waals surface area contributed by atoms with Crippen molar-refractivity contribution in [1.29, 1.82) is 0 Å².